The van der Waals surface area contributed by atoms with Crippen molar-refractivity contribution in [3.63, 3.8) is 0 Å². The molecule has 0 spiro atoms. The summed E-state index contributed by atoms with van der Waals surface area (Å²) in [6.07, 6.45) is 1.18. The molecule has 6 heteroatoms. The summed E-state index contributed by atoms with van der Waals surface area (Å²) < 4.78 is 0. The van der Waals surface area contributed by atoms with Gasteiger partial charge in [0.05, 0.1) is 6.04 Å². The Morgan fingerprint density at radius 1 is 1.33 bits per heavy atom. The Balaban J connectivity index is 0. The lowest BCUT2D eigenvalue weighted by Crippen LogP contribution is -2.49. The molecule has 0 radical (unpaired) electrons. The molecular formula is C15H33Cl2N3O. The zero-order chi connectivity index (χ0) is 14.6. The smallest absolute Gasteiger partial charge is 0.237 e. The molecule has 1 fully saturated rings. The van der Waals surface area contributed by atoms with Gasteiger partial charge in [0.2, 0.25) is 5.91 Å². The van der Waals surface area contributed by atoms with E-state index >= 15 is 0 Å². The van der Waals surface area contributed by atoms with Gasteiger partial charge in [-0.3, -0.25) is 4.79 Å². The second kappa shape index (κ2) is 9.88. The van der Waals surface area contributed by atoms with Crippen molar-refractivity contribution in [3.8, 4) is 0 Å². The first-order valence-corrected chi connectivity index (χ1v) is 7.45. The maximum atomic E-state index is 12.0. The number of carbonyl (C=O) groups excluding carboxylic acids is 1. The van der Waals surface area contributed by atoms with Crippen LogP contribution in [0.25, 0.3) is 0 Å². The molecule has 1 unspecified atom stereocenters. The number of nitrogens with one attached hydrogen (secondary N) is 1. The van der Waals surface area contributed by atoms with Crippen LogP contribution in [0.2, 0.25) is 0 Å². The molecule has 1 aliphatic heterocycles. The largest absolute Gasteiger partial charge is 0.354 e. The predicted molar refractivity (Wildman–Crippen MR) is 94.3 cm³/mol. The number of carbonyl (C=O) groups is 1. The second-order valence-electron chi connectivity index (χ2n) is 7.40. The average molecular weight is 342 g/mol. The standard InChI is InChI=1S/C15H31N3O.2ClH/c1-11(2)9-18-7-6-12(10-18)8-17-14(19)13(16)15(3,4)5;;/h11-13H,6-10,16H2,1-5H3,(H,17,19);2*1H/t12?,13-;;/m1../s1. The van der Waals surface area contributed by atoms with E-state index in [2.05, 4.69) is 24.1 Å². The lowest BCUT2D eigenvalue weighted by Gasteiger charge is -2.26. The molecule has 4 nitrogen and oxygen atoms in total. The monoisotopic (exact) mass is 341 g/mol. The van der Waals surface area contributed by atoms with E-state index in [1.165, 1.54) is 6.42 Å². The van der Waals surface area contributed by atoms with Crippen molar-refractivity contribution in [2.24, 2.45) is 23.0 Å². The van der Waals surface area contributed by atoms with Crippen LogP contribution in [0.15, 0.2) is 0 Å². The number of hydrogen-bond acceptors (Lipinski definition) is 3. The minimum absolute atomic E-state index is 0. The first kappa shape index (κ1) is 23.2. The SMILES string of the molecule is CC(C)CN1CCC(CNC(=O)[C@@H](N)C(C)(C)C)C1.Cl.Cl. The fourth-order valence-corrected chi connectivity index (χ4v) is 2.51. The minimum Gasteiger partial charge on any atom is -0.354 e. The number of nitrogens with two attached hydrogens (primary N) is 1. The Morgan fingerprint density at radius 2 is 1.90 bits per heavy atom. The molecule has 1 aliphatic rings. The minimum atomic E-state index is -0.430. The van der Waals surface area contributed by atoms with Crippen molar-refractivity contribution in [2.75, 3.05) is 26.2 Å². The molecule has 21 heavy (non-hydrogen) atoms. The highest BCUT2D eigenvalue weighted by molar-refractivity contribution is 5.85. The molecule has 2 atom stereocenters. The predicted octanol–water partition coefficient (Wildman–Crippen LogP) is 2.30. The third kappa shape index (κ3) is 8.24. The fraction of sp³-hybridized carbons (Fsp3) is 0.933. The average Bonchev–Trinajstić information content (AvgIpc) is 2.70. The maximum absolute atomic E-state index is 12.0. The normalized spacial score (nSPS) is 20.6. The van der Waals surface area contributed by atoms with E-state index in [-0.39, 0.29) is 36.1 Å². The molecule has 3 N–H and O–H groups in total. The zero-order valence-electron chi connectivity index (χ0n) is 14.0. The van der Waals surface area contributed by atoms with Crippen LogP contribution in [0, 0.1) is 17.3 Å². The van der Waals surface area contributed by atoms with Gasteiger partial charge in [-0.25, -0.2) is 0 Å². The van der Waals surface area contributed by atoms with Gasteiger partial charge in [-0.15, -0.1) is 24.8 Å². The van der Waals surface area contributed by atoms with Crippen molar-refractivity contribution in [2.45, 2.75) is 47.1 Å². The van der Waals surface area contributed by atoms with Crippen LogP contribution in [-0.4, -0.2) is 43.0 Å². The summed E-state index contributed by atoms with van der Waals surface area (Å²) in [6, 6.07) is -0.430. The molecular weight excluding hydrogens is 309 g/mol. The van der Waals surface area contributed by atoms with E-state index in [9.17, 15) is 4.79 Å². The van der Waals surface area contributed by atoms with Gasteiger partial charge >= 0.3 is 0 Å². The third-order valence-electron chi connectivity index (χ3n) is 3.77. The summed E-state index contributed by atoms with van der Waals surface area (Å²) >= 11 is 0. The highest BCUT2D eigenvalue weighted by Crippen LogP contribution is 2.19. The number of likely N-dealkylation sites (tertiary alicyclic amines) is 1. The van der Waals surface area contributed by atoms with E-state index < -0.39 is 6.04 Å². The van der Waals surface area contributed by atoms with Crippen LogP contribution >= 0.6 is 24.8 Å². The van der Waals surface area contributed by atoms with Gasteiger partial charge in [0.1, 0.15) is 0 Å². The van der Waals surface area contributed by atoms with Crippen LogP contribution < -0.4 is 11.1 Å². The highest BCUT2D eigenvalue weighted by Gasteiger charge is 2.29. The molecule has 0 aliphatic carbocycles. The summed E-state index contributed by atoms with van der Waals surface area (Å²) in [5.41, 5.74) is 5.77. The topological polar surface area (TPSA) is 58.4 Å². The summed E-state index contributed by atoms with van der Waals surface area (Å²) in [4.78, 5) is 14.4. The van der Waals surface area contributed by atoms with Crippen molar-refractivity contribution in [3.05, 3.63) is 0 Å². The summed E-state index contributed by atoms with van der Waals surface area (Å²) in [5, 5.41) is 3.01. The molecule has 1 saturated heterocycles. The fourth-order valence-electron chi connectivity index (χ4n) is 2.51. The summed E-state index contributed by atoms with van der Waals surface area (Å²) in [5.74, 6) is 1.27. The Bertz CT molecular complexity index is 306. The van der Waals surface area contributed by atoms with E-state index in [0.29, 0.717) is 11.8 Å². The molecule has 1 amide bonds. The number of amides is 1. The van der Waals surface area contributed by atoms with Gasteiger partial charge in [-0.2, -0.15) is 0 Å². The van der Waals surface area contributed by atoms with Gasteiger partial charge in [-0.05, 0) is 30.2 Å². The zero-order valence-corrected chi connectivity index (χ0v) is 15.6. The Kier molecular flexibility index (Phi) is 10.9. The Hall–Kier alpha value is -0.0300. The van der Waals surface area contributed by atoms with E-state index in [1.807, 2.05) is 20.8 Å². The summed E-state index contributed by atoms with van der Waals surface area (Å²) in [6.45, 7) is 14.7. The molecule has 0 aromatic heterocycles. The van der Waals surface area contributed by atoms with Crippen LogP contribution in [0.3, 0.4) is 0 Å². The van der Waals surface area contributed by atoms with Gasteiger partial charge in [0.25, 0.3) is 0 Å². The number of hydrogen-bond donors (Lipinski definition) is 2. The van der Waals surface area contributed by atoms with Crippen LogP contribution in [0.1, 0.15) is 41.0 Å². The lowest BCUT2D eigenvalue weighted by molar-refractivity contribution is -0.124. The number of nitrogens with zero attached hydrogens (tertiary/aromatic N) is 1. The van der Waals surface area contributed by atoms with E-state index in [0.717, 1.165) is 26.2 Å². The van der Waals surface area contributed by atoms with Crippen LogP contribution in [-0.2, 0) is 4.79 Å². The number of rotatable bonds is 5. The van der Waals surface area contributed by atoms with Gasteiger partial charge in [-0.1, -0.05) is 34.6 Å². The van der Waals surface area contributed by atoms with Crippen molar-refractivity contribution < 1.29 is 4.79 Å². The molecule has 1 rings (SSSR count). The van der Waals surface area contributed by atoms with Crippen molar-refractivity contribution in [1.29, 1.82) is 0 Å². The van der Waals surface area contributed by atoms with E-state index in [1.54, 1.807) is 0 Å². The van der Waals surface area contributed by atoms with Crippen molar-refractivity contribution in [1.82, 2.24) is 10.2 Å². The molecule has 1 heterocycles. The van der Waals surface area contributed by atoms with Gasteiger partial charge in [0.15, 0.2) is 0 Å². The third-order valence-corrected chi connectivity index (χ3v) is 3.77. The Morgan fingerprint density at radius 3 is 2.38 bits per heavy atom. The molecule has 0 aromatic rings. The maximum Gasteiger partial charge on any atom is 0.237 e. The van der Waals surface area contributed by atoms with Gasteiger partial charge in [0, 0.05) is 19.6 Å². The molecule has 128 valence electrons. The quantitative estimate of drug-likeness (QED) is 0.806. The first-order valence-electron chi connectivity index (χ1n) is 7.45. The summed E-state index contributed by atoms with van der Waals surface area (Å²) in [7, 11) is 0. The second-order valence-corrected chi connectivity index (χ2v) is 7.40. The number of halogens is 2. The first-order chi connectivity index (χ1) is 8.70. The van der Waals surface area contributed by atoms with Crippen LogP contribution in [0.5, 0.6) is 0 Å². The lowest BCUT2D eigenvalue weighted by atomic mass is 9.87. The Labute approximate surface area is 142 Å². The molecule has 0 bridgehead atoms. The molecule has 0 aromatic carbocycles. The molecule has 0 saturated carbocycles. The van der Waals surface area contributed by atoms with Gasteiger partial charge < -0.3 is 16.0 Å². The highest BCUT2D eigenvalue weighted by atomic mass is 35.5. The van der Waals surface area contributed by atoms with Crippen LogP contribution in [0.4, 0.5) is 0 Å². The van der Waals surface area contributed by atoms with Crippen molar-refractivity contribution >= 4 is 30.7 Å². The van der Waals surface area contributed by atoms with E-state index in [4.69, 9.17) is 5.73 Å².